The standard InChI is InChI=1S/Fe.Li.Mn.Na. The summed E-state index contributed by atoms with van der Waals surface area (Å²) in [6, 6.07) is 0. The largest absolute Gasteiger partial charge is 0 e. The van der Waals surface area contributed by atoms with E-state index in [1.165, 1.54) is 0 Å². The summed E-state index contributed by atoms with van der Waals surface area (Å²) in [7, 11) is 0. The maximum atomic E-state index is 0. The molecule has 0 aromatic heterocycles. The first-order valence-electron chi connectivity index (χ1n) is 0. The van der Waals surface area contributed by atoms with E-state index in [1.807, 2.05) is 0 Å². The molecule has 4 heavy (non-hydrogen) atoms. The van der Waals surface area contributed by atoms with Crippen LogP contribution in [-0.4, -0.2) is 48.4 Å². The van der Waals surface area contributed by atoms with Gasteiger partial charge in [-0.25, -0.2) is 0 Å². The summed E-state index contributed by atoms with van der Waals surface area (Å²) >= 11 is 0. The fourth-order valence-corrected chi connectivity index (χ4v) is 0. The van der Waals surface area contributed by atoms with Crippen LogP contribution in [-0.2, 0) is 34.1 Å². The molecule has 0 saturated heterocycles. The molecule has 0 bridgehead atoms. The third-order valence-electron chi connectivity index (χ3n) is 0. The minimum Gasteiger partial charge on any atom is 0 e. The van der Waals surface area contributed by atoms with E-state index in [0.29, 0.717) is 0 Å². The molecule has 0 aromatic rings. The van der Waals surface area contributed by atoms with Gasteiger partial charge in [-0.3, -0.25) is 0 Å². The Balaban J connectivity index is 0. The average molecular weight is 141 g/mol. The van der Waals surface area contributed by atoms with Crippen LogP contribution in [0.15, 0.2) is 0 Å². The number of hydrogen-bond donors (Lipinski definition) is 0. The molecule has 0 N–H and O–H groups in total. The Morgan fingerprint density at radius 2 is 1.00 bits per heavy atom. The van der Waals surface area contributed by atoms with E-state index in [9.17, 15) is 0 Å². The molecule has 0 heterocycles. The summed E-state index contributed by atoms with van der Waals surface area (Å²) in [6.07, 6.45) is 0. The summed E-state index contributed by atoms with van der Waals surface area (Å²) in [5, 5.41) is 0. The van der Waals surface area contributed by atoms with E-state index in [0.717, 1.165) is 0 Å². The van der Waals surface area contributed by atoms with Crippen molar-refractivity contribution in [1.82, 2.24) is 0 Å². The van der Waals surface area contributed by atoms with Gasteiger partial charge in [0.15, 0.2) is 0 Å². The van der Waals surface area contributed by atoms with Crippen LogP contribution in [0, 0.1) is 0 Å². The van der Waals surface area contributed by atoms with Gasteiger partial charge in [0, 0.05) is 82.6 Å². The van der Waals surface area contributed by atoms with Gasteiger partial charge < -0.3 is 0 Å². The first-order valence-corrected chi connectivity index (χ1v) is 0. The third-order valence-corrected chi connectivity index (χ3v) is 0. The van der Waals surface area contributed by atoms with Crippen LogP contribution < -0.4 is 0 Å². The molecule has 0 aromatic carbocycles. The SMILES string of the molecule is [Fe].[Li].[Mn].[Na]. The van der Waals surface area contributed by atoms with E-state index in [1.54, 1.807) is 0 Å². The maximum absolute atomic E-state index is 0. The van der Waals surface area contributed by atoms with E-state index < -0.39 is 0 Å². The number of hydrogen-bond acceptors (Lipinski definition) is 0. The Kier molecular flexibility index (Phi) is 132. The van der Waals surface area contributed by atoms with Gasteiger partial charge in [-0.15, -0.1) is 0 Å². The first kappa shape index (κ1) is 30.3. The van der Waals surface area contributed by atoms with Crippen molar-refractivity contribution in [2.75, 3.05) is 0 Å². The fourth-order valence-electron chi connectivity index (χ4n) is 0. The Morgan fingerprint density at radius 3 is 1.00 bits per heavy atom. The zero-order chi connectivity index (χ0) is 0. The van der Waals surface area contributed by atoms with Crippen LogP contribution in [0.2, 0.25) is 0 Å². The Morgan fingerprint density at radius 1 is 1.00 bits per heavy atom. The quantitative estimate of drug-likeness (QED) is 0.388. The van der Waals surface area contributed by atoms with Gasteiger partial charge in [0.25, 0.3) is 0 Å². The van der Waals surface area contributed by atoms with Crippen LogP contribution in [0.5, 0.6) is 0 Å². The molecule has 17 valence electrons. The molecule has 0 aliphatic carbocycles. The van der Waals surface area contributed by atoms with Gasteiger partial charge >= 0.3 is 0 Å². The summed E-state index contributed by atoms with van der Waals surface area (Å²) < 4.78 is 0. The van der Waals surface area contributed by atoms with Crippen molar-refractivity contribution < 1.29 is 34.1 Å². The van der Waals surface area contributed by atoms with Crippen LogP contribution in [0.25, 0.3) is 0 Å². The molecule has 0 rings (SSSR count). The molecule has 0 aliphatic heterocycles. The maximum Gasteiger partial charge on any atom is 0 e. The second kappa shape index (κ2) is 17.4. The van der Waals surface area contributed by atoms with Gasteiger partial charge in [-0.05, 0) is 0 Å². The van der Waals surface area contributed by atoms with Crippen molar-refractivity contribution >= 4 is 48.4 Å². The summed E-state index contributed by atoms with van der Waals surface area (Å²) in [5.41, 5.74) is 0. The normalized spacial score (nSPS) is 0. The summed E-state index contributed by atoms with van der Waals surface area (Å²) in [5.74, 6) is 0. The second-order valence-electron chi connectivity index (χ2n) is 0. The van der Waals surface area contributed by atoms with Gasteiger partial charge in [0.1, 0.15) is 0 Å². The fraction of sp³-hybridized carbons (Fsp3) is 0. The Hall–Kier alpha value is 2.64. The van der Waals surface area contributed by atoms with E-state index >= 15 is 0 Å². The summed E-state index contributed by atoms with van der Waals surface area (Å²) in [4.78, 5) is 0. The minimum atomic E-state index is 0. The molecule has 0 nitrogen and oxygen atoms in total. The van der Waals surface area contributed by atoms with Crippen LogP contribution in [0.3, 0.4) is 0 Å². The summed E-state index contributed by atoms with van der Waals surface area (Å²) in [6.45, 7) is 0. The predicted octanol–water partition coefficient (Wildman–Crippen LogP) is -0.767. The topological polar surface area (TPSA) is 0 Å². The van der Waals surface area contributed by atoms with Crippen molar-refractivity contribution in [3.05, 3.63) is 0 Å². The predicted molar refractivity (Wildman–Crippen MR) is 11.5 cm³/mol. The van der Waals surface area contributed by atoms with Crippen molar-refractivity contribution in [3.63, 3.8) is 0 Å². The Labute approximate surface area is 81.3 Å². The molecular weight excluding hydrogens is 141 g/mol. The van der Waals surface area contributed by atoms with E-state index in [4.69, 9.17) is 0 Å². The van der Waals surface area contributed by atoms with Crippen molar-refractivity contribution in [2.45, 2.75) is 0 Å². The van der Waals surface area contributed by atoms with Crippen LogP contribution in [0.4, 0.5) is 0 Å². The van der Waals surface area contributed by atoms with Gasteiger partial charge in [-0.1, -0.05) is 0 Å². The van der Waals surface area contributed by atoms with Gasteiger partial charge in [0.2, 0.25) is 0 Å². The molecule has 0 fully saturated rings. The first-order chi connectivity index (χ1) is 0. The van der Waals surface area contributed by atoms with Gasteiger partial charge in [0.05, 0.1) is 0 Å². The minimum absolute atomic E-state index is 0. The van der Waals surface area contributed by atoms with Crippen molar-refractivity contribution in [3.8, 4) is 0 Å². The molecule has 0 aliphatic rings. The van der Waals surface area contributed by atoms with E-state index in [2.05, 4.69) is 0 Å². The average Bonchev–Trinajstić information content (AvgIpc) is 0. The van der Waals surface area contributed by atoms with E-state index in [-0.39, 0.29) is 82.6 Å². The molecule has 3 radical (unpaired) electrons. The molecular formula is FeLiMnNa. The van der Waals surface area contributed by atoms with Crippen LogP contribution >= 0.6 is 0 Å². The van der Waals surface area contributed by atoms with Crippen molar-refractivity contribution in [1.29, 1.82) is 0 Å². The Bertz CT molecular complexity index is 8.00. The molecule has 0 amide bonds. The van der Waals surface area contributed by atoms with Crippen LogP contribution in [0.1, 0.15) is 0 Å². The molecule has 0 atom stereocenters. The number of rotatable bonds is 0. The smallest absolute Gasteiger partial charge is 0 e. The molecule has 4 heteroatoms. The zero-order valence-corrected chi connectivity index (χ0v) is 7.02. The zero-order valence-electron chi connectivity index (χ0n) is 2.73. The molecule has 0 unspecified atom stereocenters. The monoisotopic (exact) mass is 141 g/mol. The second-order valence-corrected chi connectivity index (χ2v) is 0. The molecule has 0 saturated carbocycles. The third kappa shape index (κ3) is 8.82. The molecule has 0 spiro atoms. The van der Waals surface area contributed by atoms with Gasteiger partial charge in [-0.2, -0.15) is 0 Å². The van der Waals surface area contributed by atoms with Crippen molar-refractivity contribution in [2.24, 2.45) is 0 Å².